The number of fused-ring (bicyclic) bond motifs is 2. The van der Waals surface area contributed by atoms with Gasteiger partial charge in [0, 0.05) is 21.8 Å². The van der Waals surface area contributed by atoms with E-state index in [4.69, 9.17) is 18.6 Å². The van der Waals surface area contributed by atoms with Crippen molar-refractivity contribution in [2.75, 3.05) is 0 Å². The van der Waals surface area contributed by atoms with Crippen LogP contribution in [-0.4, -0.2) is 14.0 Å². The fourth-order valence-electron chi connectivity index (χ4n) is 1.82. The maximum atomic E-state index is 8.83. The Morgan fingerprint density at radius 1 is 1.05 bits per heavy atom. The minimum absolute atomic E-state index is 1.23. The van der Waals surface area contributed by atoms with Gasteiger partial charge in [-0.2, -0.15) is 4.40 Å². The second-order valence-electron chi connectivity index (χ2n) is 3.98. The second-order valence-corrected chi connectivity index (χ2v) is 6.01. The van der Waals surface area contributed by atoms with Crippen LogP contribution >= 0.6 is 22.6 Å². The molecule has 0 bridgehead atoms. The Morgan fingerprint density at radius 2 is 1.75 bits per heavy atom. The van der Waals surface area contributed by atoms with Gasteiger partial charge in [-0.25, -0.2) is 0 Å². The predicted octanol–water partition coefficient (Wildman–Crippen LogP) is 0.323. The molecule has 106 valence electrons. The van der Waals surface area contributed by atoms with E-state index < -0.39 is 10.2 Å². The van der Waals surface area contributed by atoms with E-state index in [-0.39, 0.29) is 0 Å². The Labute approximate surface area is 130 Å². The van der Waals surface area contributed by atoms with E-state index in [1.165, 1.54) is 19.9 Å². The zero-order chi connectivity index (χ0) is 14.8. The standard InChI is InChI=1S/C13H9IN.ClH3O4/c14-13-6-3-4-10-8-11-5-1-2-7-15(11)9-12(10)13;2-1(3,4)5/h1-9H;2-4H/q+1;. The van der Waals surface area contributed by atoms with Crippen molar-refractivity contribution in [2.24, 2.45) is 0 Å². The van der Waals surface area contributed by atoms with Gasteiger partial charge in [-0.1, -0.05) is 12.1 Å². The zero-order valence-electron chi connectivity index (χ0n) is 10.1. The van der Waals surface area contributed by atoms with Gasteiger partial charge in [-0.05, 0) is 40.1 Å². The van der Waals surface area contributed by atoms with E-state index in [2.05, 4.69) is 81.8 Å². The van der Waals surface area contributed by atoms with Crippen LogP contribution in [0.3, 0.4) is 0 Å². The van der Waals surface area contributed by atoms with Gasteiger partial charge in [0.2, 0.25) is 5.52 Å². The van der Waals surface area contributed by atoms with E-state index in [0.29, 0.717) is 0 Å². The molecule has 0 spiro atoms. The summed E-state index contributed by atoms with van der Waals surface area (Å²) in [5, 5.41) is 2.61. The van der Waals surface area contributed by atoms with Crippen LogP contribution in [0.5, 0.6) is 0 Å². The molecule has 0 atom stereocenters. The summed E-state index contributed by atoms with van der Waals surface area (Å²) < 4.78 is 33.7. The van der Waals surface area contributed by atoms with Gasteiger partial charge in [0.25, 0.3) is 0 Å². The summed E-state index contributed by atoms with van der Waals surface area (Å²) in [6.45, 7) is 0. The molecule has 2 aromatic heterocycles. The summed E-state index contributed by atoms with van der Waals surface area (Å²) in [4.78, 5) is 0. The second kappa shape index (κ2) is 6.17. The molecule has 7 heteroatoms. The molecule has 0 aliphatic heterocycles. The molecule has 0 aliphatic carbocycles. The Balaban J connectivity index is 0.000000257. The molecule has 1 aromatic carbocycles. The van der Waals surface area contributed by atoms with Crippen molar-refractivity contribution >= 4 is 38.9 Å². The summed E-state index contributed by atoms with van der Waals surface area (Å²) in [5.41, 5.74) is 1.23. The number of hydrogen-bond donors (Lipinski definition) is 3. The van der Waals surface area contributed by atoms with Crippen LogP contribution in [0.15, 0.2) is 54.9 Å². The van der Waals surface area contributed by atoms with Gasteiger partial charge >= 0.3 is 28.9 Å². The molecule has 2 heterocycles. The first-order chi connectivity index (χ1) is 9.34. The van der Waals surface area contributed by atoms with E-state index in [9.17, 15) is 0 Å². The molecule has 3 aromatic rings. The van der Waals surface area contributed by atoms with Gasteiger partial charge in [0.1, 0.15) is 0 Å². The first-order valence-electron chi connectivity index (χ1n) is 5.49. The summed E-state index contributed by atoms with van der Waals surface area (Å²) in [6, 6.07) is 14.9. The molecule has 5 nitrogen and oxygen atoms in total. The average molecular weight is 409 g/mol. The van der Waals surface area contributed by atoms with E-state index in [1.54, 1.807) is 0 Å². The molecule has 3 rings (SSSR count). The number of rotatable bonds is 0. The van der Waals surface area contributed by atoms with E-state index >= 15 is 0 Å². The van der Waals surface area contributed by atoms with Crippen molar-refractivity contribution in [3.05, 3.63) is 58.4 Å². The fraction of sp³-hybridized carbons (Fsp3) is 0. The molecular weight excluding hydrogens is 397 g/mol. The monoisotopic (exact) mass is 408 g/mol. The third-order valence-electron chi connectivity index (χ3n) is 2.58. The average Bonchev–Trinajstić information content (AvgIpc) is 2.35. The van der Waals surface area contributed by atoms with Crippen LogP contribution < -0.4 is 9.06 Å². The third-order valence-corrected chi connectivity index (χ3v) is 3.52. The molecule has 0 saturated carbocycles. The van der Waals surface area contributed by atoms with Crippen molar-refractivity contribution in [3.8, 4) is 0 Å². The minimum atomic E-state index is -4.19. The van der Waals surface area contributed by atoms with E-state index in [0.717, 1.165) is 0 Å². The third kappa shape index (κ3) is 4.23. The molecule has 0 unspecified atom stereocenters. The topological polar surface area (TPSA) is 87.9 Å². The fourth-order valence-corrected chi connectivity index (χ4v) is 2.48. The maximum absolute atomic E-state index is 8.83. The molecule has 0 aliphatic rings. The van der Waals surface area contributed by atoms with Crippen molar-refractivity contribution < 1.29 is 33.3 Å². The summed E-state index contributed by atoms with van der Waals surface area (Å²) >= 11 is 2.38. The Kier molecular flexibility index (Phi) is 4.74. The molecule has 0 amide bonds. The molecule has 3 N–H and O–H groups in total. The van der Waals surface area contributed by atoms with Crippen LogP contribution in [0.25, 0.3) is 16.3 Å². The molecule has 0 fully saturated rings. The molecule has 0 saturated heterocycles. The van der Waals surface area contributed by atoms with Crippen molar-refractivity contribution in [3.63, 3.8) is 0 Å². The first kappa shape index (κ1) is 15.4. The van der Waals surface area contributed by atoms with Gasteiger partial charge in [-0.15, -0.1) is 0 Å². The van der Waals surface area contributed by atoms with Crippen molar-refractivity contribution in [2.45, 2.75) is 0 Å². The Bertz CT molecular complexity index is 739. The zero-order valence-corrected chi connectivity index (χ0v) is 13.1. The Hall–Kier alpha value is -1.03. The van der Waals surface area contributed by atoms with Crippen LogP contribution in [-0.2, 0) is 0 Å². The summed E-state index contributed by atoms with van der Waals surface area (Å²) in [5.74, 6) is 0. The number of benzene rings is 1. The quantitative estimate of drug-likeness (QED) is 0.284. The first-order valence-corrected chi connectivity index (χ1v) is 7.89. The van der Waals surface area contributed by atoms with Gasteiger partial charge in [0.15, 0.2) is 12.4 Å². The number of halogens is 2. The number of hydrogen-bond acceptors (Lipinski definition) is 4. The van der Waals surface area contributed by atoms with Gasteiger partial charge in [0.05, 0.1) is 5.39 Å². The Morgan fingerprint density at radius 3 is 2.45 bits per heavy atom. The van der Waals surface area contributed by atoms with Crippen molar-refractivity contribution in [1.82, 2.24) is 0 Å². The summed E-state index contributed by atoms with van der Waals surface area (Å²) in [7, 11) is -4.19. The number of aromatic nitrogens is 1. The SMILES string of the molecule is Ic1cccc2cc3cccc[n+]3cc12.[O-][Cl+](O)(O)O. The van der Waals surface area contributed by atoms with E-state index in [1.807, 2.05) is 0 Å². The predicted molar refractivity (Wildman–Crippen MR) is 76.5 cm³/mol. The molecule has 0 radical (unpaired) electrons. The van der Waals surface area contributed by atoms with Crippen molar-refractivity contribution in [1.29, 1.82) is 0 Å². The normalized spacial score (nSPS) is 12.1. The van der Waals surface area contributed by atoms with Crippen LogP contribution in [0, 0.1) is 13.8 Å². The summed E-state index contributed by atoms with van der Waals surface area (Å²) in [6.07, 6.45) is 4.27. The molecule has 20 heavy (non-hydrogen) atoms. The molecular formula is C13H12ClINO4+. The van der Waals surface area contributed by atoms with Gasteiger partial charge in [-0.3, -0.25) is 0 Å². The number of pyridine rings is 2. The van der Waals surface area contributed by atoms with Crippen LogP contribution in [0.4, 0.5) is 0 Å². The van der Waals surface area contributed by atoms with Gasteiger partial charge < -0.3 is 0 Å². The number of nitrogens with zero attached hydrogens (tertiary/aromatic N) is 1. The van der Waals surface area contributed by atoms with Crippen LogP contribution in [0.1, 0.15) is 0 Å². The van der Waals surface area contributed by atoms with Crippen LogP contribution in [0.2, 0.25) is 0 Å².